The molecule has 7 nitrogen and oxygen atoms in total. The van der Waals surface area contributed by atoms with Crippen LogP contribution in [0.4, 0.5) is 5.69 Å². The molecule has 0 aromatic heterocycles. The highest BCUT2D eigenvalue weighted by atomic mass is 35.5. The van der Waals surface area contributed by atoms with Crippen molar-refractivity contribution in [2.75, 3.05) is 10.8 Å². The molecule has 4 aromatic carbocycles. The summed E-state index contributed by atoms with van der Waals surface area (Å²) in [5.41, 5.74) is 1.42. The van der Waals surface area contributed by atoms with E-state index >= 15 is 0 Å². The molecule has 1 N–H and O–H groups in total. The van der Waals surface area contributed by atoms with E-state index in [9.17, 15) is 18.0 Å². The number of anilines is 1. The maximum Gasteiger partial charge on any atom is 0.264 e. The molecule has 0 aliphatic rings. The Bertz CT molecular complexity index is 1780. The molecule has 12 heteroatoms. The smallest absolute Gasteiger partial charge is 0.264 e. The van der Waals surface area contributed by atoms with Gasteiger partial charge in [-0.05, 0) is 66.9 Å². The molecule has 0 spiro atoms. The van der Waals surface area contributed by atoms with Gasteiger partial charge in [0.05, 0.1) is 25.7 Å². The van der Waals surface area contributed by atoms with Crippen molar-refractivity contribution in [3.63, 3.8) is 0 Å². The zero-order valence-electron chi connectivity index (χ0n) is 25.2. The van der Waals surface area contributed by atoms with E-state index in [0.717, 1.165) is 9.87 Å². The Morgan fingerprint density at radius 1 is 0.783 bits per heavy atom. The van der Waals surface area contributed by atoms with E-state index in [0.29, 0.717) is 17.0 Å². The van der Waals surface area contributed by atoms with Crippen LogP contribution in [0.15, 0.2) is 102 Å². The van der Waals surface area contributed by atoms with Crippen LogP contribution in [0.3, 0.4) is 0 Å². The van der Waals surface area contributed by atoms with Crippen LogP contribution in [0.2, 0.25) is 20.1 Å². The van der Waals surface area contributed by atoms with E-state index in [1.54, 1.807) is 36.4 Å². The molecule has 0 bridgehead atoms. The number of halogens is 4. The van der Waals surface area contributed by atoms with Gasteiger partial charge in [-0.3, -0.25) is 13.9 Å². The topological polar surface area (TPSA) is 86.8 Å². The zero-order valence-corrected chi connectivity index (χ0v) is 29.0. The fraction of sp³-hybridized carbons (Fsp3) is 0.235. The van der Waals surface area contributed by atoms with Gasteiger partial charge in [0.15, 0.2) is 0 Å². The van der Waals surface area contributed by atoms with Crippen LogP contribution in [0.5, 0.6) is 0 Å². The molecule has 0 saturated carbocycles. The summed E-state index contributed by atoms with van der Waals surface area (Å²) in [7, 11) is -4.33. The quantitative estimate of drug-likeness (QED) is 0.152. The molecule has 2 unspecified atom stereocenters. The lowest BCUT2D eigenvalue weighted by atomic mass is 10.0. The lowest BCUT2D eigenvalue weighted by Crippen LogP contribution is -2.54. The highest BCUT2D eigenvalue weighted by molar-refractivity contribution is 7.92. The van der Waals surface area contributed by atoms with Crippen LogP contribution < -0.4 is 9.62 Å². The van der Waals surface area contributed by atoms with Crippen molar-refractivity contribution in [3.8, 4) is 0 Å². The molecular formula is C34H33Cl4N3O4S. The Labute approximate surface area is 290 Å². The van der Waals surface area contributed by atoms with Gasteiger partial charge in [-0.2, -0.15) is 0 Å². The van der Waals surface area contributed by atoms with E-state index in [1.165, 1.54) is 35.2 Å². The Balaban J connectivity index is 1.85. The van der Waals surface area contributed by atoms with E-state index in [1.807, 2.05) is 44.2 Å². The van der Waals surface area contributed by atoms with Gasteiger partial charge in [-0.1, -0.05) is 108 Å². The van der Waals surface area contributed by atoms with E-state index in [-0.39, 0.29) is 50.6 Å². The number of carbonyl (C=O) groups excluding carboxylic acids is 2. The van der Waals surface area contributed by atoms with Gasteiger partial charge in [0.25, 0.3) is 10.0 Å². The molecule has 2 atom stereocenters. The Morgan fingerprint density at radius 2 is 1.41 bits per heavy atom. The first kappa shape index (κ1) is 35.6. The van der Waals surface area contributed by atoms with Gasteiger partial charge in [0.1, 0.15) is 12.6 Å². The summed E-state index contributed by atoms with van der Waals surface area (Å²) in [5.74, 6) is -1.04. The summed E-state index contributed by atoms with van der Waals surface area (Å²) in [6.07, 6.45) is 0.834. The molecule has 0 saturated heterocycles. The first-order chi connectivity index (χ1) is 21.9. The van der Waals surface area contributed by atoms with E-state index in [4.69, 9.17) is 46.4 Å². The number of hydrogen-bond acceptors (Lipinski definition) is 4. The summed E-state index contributed by atoms with van der Waals surface area (Å²) in [6.45, 7) is 3.07. The molecule has 242 valence electrons. The molecule has 4 rings (SSSR count). The summed E-state index contributed by atoms with van der Waals surface area (Å²) in [6, 6.07) is 25.1. The summed E-state index contributed by atoms with van der Waals surface area (Å²) < 4.78 is 29.2. The second-order valence-electron chi connectivity index (χ2n) is 10.7. The number of rotatable bonds is 13. The van der Waals surface area contributed by atoms with Gasteiger partial charge in [-0.15, -0.1) is 0 Å². The van der Waals surface area contributed by atoms with Crippen molar-refractivity contribution in [3.05, 3.63) is 128 Å². The lowest BCUT2D eigenvalue weighted by molar-refractivity contribution is -0.140. The van der Waals surface area contributed by atoms with Gasteiger partial charge in [-0.25, -0.2) is 8.42 Å². The van der Waals surface area contributed by atoms with Crippen LogP contribution in [-0.2, 0) is 32.6 Å². The average Bonchev–Trinajstić information content (AvgIpc) is 3.05. The van der Waals surface area contributed by atoms with Crippen molar-refractivity contribution in [1.82, 2.24) is 10.2 Å². The van der Waals surface area contributed by atoms with Crippen molar-refractivity contribution in [1.29, 1.82) is 0 Å². The van der Waals surface area contributed by atoms with Gasteiger partial charge >= 0.3 is 0 Å². The standard InChI is InChI=1S/C34H33Cl4N3O4S/c1-3-23(2)39-34(43)32(19-24-10-6-4-7-11-24)40(21-25-14-16-28(36)30(38)18-25)33(42)22-41(31-20-26(35)15-17-29(31)37)46(44,45)27-12-8-5-9-13-27/h4-18,20,23,32H,3,19,21-22H2,1-2H3,(H,39,43). The van der Waals surface area contributed by atoms with Crippen LogP contribution >= 0.6 is 46.4 Å². The monoisotopic (exact) mass is 719 g/mol. The minimum Gasteiger partial charge on any atom is -0.352 e. The first-order valence-corrected chi connectivity index (χ1v) is 17.5. The Morgan fingerprint density at radius 3 is 2.04 bits per heavy atom. The van der Waals surface area contributed by atoms with Crippen molar-refractivity contribution < 1.29 is 18.0 Å². The van der Waals surface area contributed by atoms with Crippen molar-refractivity contribution in [2.45, 2.75) is 50.2 Å². The summed E-state index contributed by atoms with van der Waals surface area (Å²) >= 11 is 25.3. The predicted octanol–water partition coefficient (Wildman–Crippen LogP) is 8.05. The van der Waals surface area contributed by atoms with Crippen LogP contribution in [0, 0.1) is 0 Å². The fourth-order valence-corrected chi connectivity index (χ4v) is 6.94. The molecule has 0 aliphatic heterocycles. The number of nitrogens with zero attached hydrogens (tertiary/aromatic N) is 2. The third kappa shape index (κ3) is 8.96. The second kappa shape index (κ2) is 16.0. The number of carbonyl (C=O) groups is 2. The maximum atomic E-state index is 14.6. The lowest BCUT2D eigenvalue weighted by Gasteiger charge is -2.34. The molecule has 46 heavy (non-hydrogen) atoms. The zero-order chi connectivity index (χ0) is 33.4. The number of benzene rings is 4. The molecule has 4 aromatic rings. The summed E-state index contributed by atoms with van der Waals surface area (Å²) in [4.78, 5) is 29.8. The van der Waals surface area contributed by atoms with E-state index in [2.05, 4.69) is 5.32 Å². The van der Waals surface area contributed by atoms with E-state index < -0.39 is 28.5 Å². The molecular weight excluding hydrogens is 688 g/mol. The van der Waals surface area contributed by atoms with Crippen LogP contribution in [-0.4, -0.2) is 43.8 Å². The predicted molar refractivity (Wildman–Crippen MR) is 186 cm³/mol. The third-order valence-electron chi connectivity index (χ3n) is 7.40. The normalized spacial score (nSPS) is 12.7. The molecule has 0 aliphatic carbocycles. The average molecular weight is 722 g/mol. The highest BCUT2D eigenvalue weighted by Gasteiger charge is 2.35. The Hall–Kier alpha value is -3.27. The van der Waals surface area contributed by atoms with Crippen LogP contribution in [0.1, 0.15) is 31.4 Å². The number of amides is 2. The number of sulfonamides is 1. The van der Waals surface area contributed by atoms with Crippen molar-refractivity contribution in [2.24, 2.45) is 0 Å². The van der Waals surface area contributed by atoms with Gasteiger partial charge < -0.3 is 10.2 Å². The first-order valence-electron chi connectivity index (χ1n) is 14.5. The third-order valence-corrected chi connectivity index (χ3v) is 10.5. The fourth-order valence-electron chi connectivity index (χ4n) is 4.74. The minimum atomic E-state index is -4.33. The second-order valence-corrected chi connectivity index (χ2v) is 14.2. The Kier molecular flexibility index (Phi) is 12.4. The molecule has 0 fully saturated rings. The molecule has 0 heterocycles. The largest absolute Gasteiger partial charge is 0.352 e. The SMILES string of the molecule is CCC(C)NC(=O)C(Cc1ccccc1)N(Cc1ccc(Cl)c(Cl)c1)C(=O)CN(c1cc(Cl)ccc1Cl)S(=O)(=O)c1ccccc1. The number of hydrogen-bond donors (Lipinski definition) is 1. The maximum absolute atomic E-state index is 14.6. The molecule has 0 radical (unpaired) electrons. The highest BCUT2D eigenvalue weighted by Crippen LogP contribution is 2.33. The molecule has 2 amide bonds. The van der Waals surface area contributed by atoms with Gasteiger partial charge in [0, 0.05) is 24.0 Å². The van der Waals surface area contributed by atoms with Gasteiger partial charge in [0.2, 0.25) is 11.8 Å². The van der Waals surface area contributed by atoms with Crippen molar-refractivity contribution >= 4 is 73.9 Å². The minimum absolute atomic E-state index is 0.0181. The van der Waals surface area contributed by atoms with Crippen LogP contribution in [0.25, 0.3) is 0 Å². The summed E-state index contributed by atoms with van der Waals surface area (Å²) in [5, 5.41) is 3.90. The number of nitrogens with one attached hydrogen (secondary N) is 1.